The van der Waals surface area contributed by atoms with Gasteiger partial charge in [-0.15, -0.1) is 0 Å². The molecule has 2 rings (SSSR count). The number of rotatable bonds is 3. The summed E-state index contributed by atoms with van der Waals surface area (Å²) in [5.74, 6) is 0.205. The summed E-state index contributed by atoms with van der Waals surface area (Å²) in [5, 5.41) is 9.60. The van der Waals surface area contributed by atoms with Crippen molar-refractivity contribution < 1.29 is 14.7 Å². The zero-order chi connectivity index (χ0) is 15.5. The summed E-state index contributed by atoms with van der Waals surface area (Å²) in [6.45, 7) is 5.94. The molecule has 2 fully saturated rings. The molecule has 120 valence electrons. The topological polar surface area (TPSA) is 57.6 Å². The molecule has 1 amide bonds. The van der Waals surface area contributed by atoms with Crippen molar-refractivity contribution in [3.05, 3.63) is 0 Å². The quantitative estimate of drug-likeness (QED) is 0.869. The van der Waals surface area contributed by atoms with Crippen LogP contribution in [0.3, 0.4) is 0 Å². The van der Waals surface area contributed by atoms with Gasteiger partial charge in [0.2, 0.25) is 5.91 Å². The van der Waals surface area contributed by atoms with Crippen molar-refractivity contribution in [2.75, 3.05) is 18.8 Å². The van der Waals surface area contributed by atoms with E-state index in [0.29, 0.717) is 12.8 Å². The number of amides is 1. The fourth-order valence-corrected chi connectivity index (χ4v) is 4.47. The monoisotopic (exact) mass is 313 g/mol. The normalized spacial score (nSPS) is 25.1. The van der Waals surface area contributed by atoms with Gasteiger partial charge in [0.25, 0.3) is 0 Å². The fourth-order valence-electron chi connectivity index (χ4n) is 3.37. The van der Waals surface area contributed by atoms with E-state index in [2.05, 4.69) is 13.8 Å². The van der Waals surface area contributed by atoms with Crippen LogP contribution < -0.4 is 0 Å². The summed E-state index contributed by atoms with van der Waals surface area (Å²) < 4.78 is 0.213. The lowest BCUT2D eigenvalue weighted by molar-refractivity contribution is -0.156. The van der Waals surface area contributed by atoms with Crippen molar-refractivity contribution >= 4 is 23.6 Å². The summed E-state index contributed by atoms with van der Waals surface area (Å²) in [7, 11) is 0. The van der Waals surface area contributed by atoms with Crippen molar-refractivity contribution in [3.8, 4) is 0 Å². The fraction of sp³-hybridized carbons (Fsp3) is 0.875. The van der Waals surface area contributed by atoms with E-state index in [1.165, 1.54) is 0 Å². The molecule has 1 saturated carbocycles. The number of carbonyl (C=O) groups is 2. The zero-order valence-electron chi connectivity index (χ0n) is 13.2. The highest BCUT2D eigenvalue weighted by molar-refractivity contribution is 8.00. The minimum Gasteiger partial charge on any atom is -0.481 e. The third-order valence-corrected chi connectivity index (χ3v) is 6.32. The molecule has 0 radical (unpaired) electrons. The minimum absolute atomic E-state index is 0.0394. The highest BCUT2D eigenvalue weighted by atomic mass is 32.2. The van der Waals surface area contributed by atoms with E-state index >= 15 is 0 Å². The number of aliphatic carboxylic acids is 1. The molecule has 21 heavy (non-hydrogen) atoms. The maximum absolute atomic E-state index is 12.6. The van der Waals surface area contributed by atoms with Gasteiger partial charge < -0.3 is 10.0 Å². The Labute approximate surface area is 131 Å². The Balaban J connectivity index is 2.00. The molecule has 1 aliphatic carbocycles. The number of nitrogens with zero attached hydrogens (tertiary/aromatic N) is 1. The first-order valence-corrected chi connectivity index (χ1v) is 8.98. The van der Waals surface area contributed by atoms with Gasteiger partial charge in [0.15, 0.2) is 0 Å². The molecule has 0 spiro atoms. The highest BCUT2D eigenvalue weighted by Gasteiger charge is 2.42. The molecule has 0 atom stereocenters. The summed E-state index contributed by atoms with van der Waals surface area (Å²) >= 11 is 1.90. The third kappa shape index (κ3) is 4.15. The SMILES string of the molecule is CC1(C)CCN(C(=O)CC2(C(=O)O)CCCCC2)CCS1. The predicted octanol–water partition coefficient (Wildman–Crippen LogP) is 3.16. The van der Waals surface area contributed by atoms with E-state index in [1.54, 1.807) is 0 Å². The van der Waals surface area contributed by atoms with E-state index in [9.17, 15) is 14.7 Å². The predicted molar refractivity (Wildman–Crippen MR) is 85.5 cm³/mol. The second-order valence-corrected chi connectivity index (χ2v) is 8.86. The molecule has 1 saturated heterocycles. The molecule has 4 nitrogen and oxygen atoms in total. The molecule has 1 aliphatic heterocycles. The van der Waals surface area contributed by atoms with Crippen LogP contribution >= 0.6 is 11.8 Å². The minimum atomic E-state index is -0.801. The van der Waals surface area contributed by atoms with Crippen molar-refractivity contribution in [2.45, 2.75) is 63.5 Å². The number of carboxylic acids is 1. The van der Waals surface area contributed by atoms with Crippen LogP contribution in [-0.4, -0.2) is 45.5 Å². The van der Waals surface area contributed by atoms with Gasteiger partial charge in [-0.1, -0.05) is 33.1 Å². The van der Waals surface area contributed by atoms with Crippen LogP contribution in [0.5, 0.6) is 0 Å². The first-order valence-electron chi connectivity index (χ1n) is 8.00. The van der Waals surface area contributed by atoms with Crippen LogP contribution in [0.2, 0.25) is 0 Å². The molecule has 0 aromatic carbocycles. The largest absolute Gasteiger partial charge is 0.481 e. The Morgan fingerprint density at radius 2 is 1.76 bits per heavy atom. The van der Waals surface area contributed by atoms with Crippen LogP contribution in [0, 0.1) is 5.41 Å². The van der Waals surface area contributed by atoms with Gasteiger partial charge in [0.05, 0.1) is 5.41 Å². The molecule has 0 bridgehead atoms. The van der Waals surface area contributed by atoms with E-state index < -0.39 is 11.4 Å². The Morgan fingerprint density at radius 3 is 2.38 bits per heavy atom. The van der Waals surface area contributed by atoms with Gasteiger partial charge in [0, 0.05) is 30.0 Å². The number of hydrogen-bond acceptors (Lipinski definition) is 3. The van der Waals surface area contributed by atoms with Crippen LogP contribution in [-0.2, 0) is 9.59 Å². The molecular weight excluding hydrogens is 286 g/mol. The lowest BCUT2D eigenvalue weighted by atomic mass is 9.71. The maximum Gasteiger partial charge on any atom is 0.310 e. The van der Waals surface area contributed by atoms with Gasteiger partial charge >= 0.3 is 5.97 Å². The Bertz CT molecular complexity index is 402. The van der Waals surface area contributed by atoms with Crippen LogP contribution in [0.15, 0.2) is 0 Å². The molecule has 2 aliphatic rings. The van der Waals surface area contributed by atoms with Gasteiger partial charge in [-0.05, 0) is 19.3 Å². The Hall–Kier alpha value is -0.710. The Kier molecular flexibility index (Phi) is 5.23. The summed E-state index contributed by atoms with van der Waals surface area (Å²) in [4.78, 5) is 26.2. The van der Waals surface area contributed by atoms with E-state index in [-0.39, 0.29) is 17.1 Å². The molecular formula is C16H27NO3S. The van der Waals surface area contributed by atoms with Crippen LogP contribution in [0.25, 0.3) is 0 Å². The lowest BCUT2D eigenvalue weighted by Gasteiger charge is -2.34. The standard InChI is InChI=1S/C16H27NO3S/c1-15(2)8-9-17(10-11-21-15)13(18)12-16(14(19)20)6-4-3-5-7-16/h3-12H2,1-2H3,(H,19,20). The molecule has 0 aromatic heterocycles. The maximum atomic E-state index is 12.6. The first-order chi connectivity index (χ1) is 9.85. The van der Waals surface area contributed by atoms with Gasteiger partial charge in [-0.3, -0.25) is 9.59 Å². The first kappa shape index (κ1) is 16.7. The Morgan fingerprint density at radius 1 is 1.10 bits per heavy atom. The van der Waals surface area contributed by atoms with Gasteiger partial charge in [0.1, 0.15) is 0 Å². The number of hydrogen-bond donors (Lipinski definition) is 1. The summed E-state index contributed by atoms with van der Waals surface area (Å²) in [5.41, 5.74) is -0.801. The van der Waals surface area contributed by atoms with Crippen molar-refractivity contribution in [3.63, 3.8) is 0 Å². The molecule has 5 heteroatoms. The summed E-state index contributed by atoms with van der Waals surface area (Å²) in [6.07, 6.45) is 5.43. The van der Waals surface area contributed by atoms with Crippen LogP contribution in [0.4, 0.5) is 0 Å². The third-order valence-electron chi connectivity index (χ3n) is 4.94. The van der Waals surface area contributed by atoms with E-state index in [0.717, 1.165) is 44.5 Å². The lowest BCUT2D eigenvalue weighted by Crippen LogP contribution is -2.42. The van der Waals surface area contributed by atoms with Gasteiger partial charge in [-0.2, -0.15) is 11.8 Å². The van der Waals surface area contributed by atoms with E-state index in [4.69, 9.17) is 0 Å². The highest BCUT2D eigenvalue weighted by Crippen LogP contribution is 2.40. The number of carbonyl (C=O) groups excluding carboxylic acids is 1. The van der Waals surface area contributed by atoms with E-state index in [1.807, 2.05) is 16.7 Å². The smallest absolute Gasteiger partial charge is 0.310 e. The molecule has 1 heterocycles. The average molecular weight is 313 g/mol. The second-order valence-electron chi connectivity index (χ2n) is 7.06. The molecule has 0 aromatic rings. The summed E-state index contributed by atoms with van der Waals surface area (Å²) in [6, 6.07) is 0. The number of thioether (sulfide) groups is 1. The van der Waals surface area contributed by atoms with Crippen molar-refractivity contribution in [1.29, 1.82) is 0 Å². The molecule has 1 N–H and O–H groups in total. The van der Waals surface area contributed by atoms with Crippen molar-refractivity contribution in [1.82, 2.24) is 4.90 Å². The second kappa shape index (κ2) is 6.59. The van der Waals surface area contributed by atoms with Gasteiger partial charge in [-0.25, -0.2) is 0 Å². The average Bonchev–Trinajstić information content (AvgIpc) is 2.60. The number of carboxylic acid groups (broad SMARTS) is 1. The van der Waals surface area contributed by atoms with Crippen LogP contribution in [0.1, 0.15) is 58.8 Å². The molecule has 0 unspecified atom stereocenters. The zero-order valence-corrected chi connectivity index (χ0v) is 14.0. The van der Waals surface area contributed by atoms with Crippen molar-refractivity contribution in [2.24, 2.45) is 5.41 Å².